The van der Waals surface area contributed by atoms with Gasteiger partial charge < -0.3 is 14.2 Å². The van der Waals surface area contributed by atoms with Crippen molar-refractivity contribution in [2.45, 2.75) is 18.5 Å². The number of carbonyl (C=O) groups excluding carboxylic acids is 2. The SMILES string of the molecule is CCOC(=O)[C@H]1[C@@H]2COc3ccccc3[C@H]2N[C@]1(C(=O)OC)c1ccccc1. The third-order valence-electron chi connectivity index (χ3n) is 5.67. The van der Waals surface area contributed by atoms with Crippen molar-refractivity contribution < 1.29 is 23.8 Å². The van der Waals surface area contributed by atoms with E-state index in [1.165, 1.54) is 7.11 Å². The molecule has 2 aromatic carbocycles. The molecule has 0 spiro atoms. The zero-order valence-electron chi connectivity index (χ0n) is 15.9. The molecular formula is C22H23NO5. The molecule has 0 saturated carbocycles. The van der Waals surface area contributed by atoms with Crippen molar-refractivity contribution in [1.29, 1.82) is 0 Å². The van der Waals surface area contributed by atoms with Gasteiger partial charge in [-0.1, -0.05) is 48.5 Å². The van der Waals surface area contributed by atoms with Crippen LogP contribution < -0.4 is 10.1 Å². The van der Waals surface area contributed by atoms with E-state index in [1.807, 2.05) is 54.6 Å². The van der Waals surface area contributed by atoms with Crippen molar-refractivity contribution in [2.75, 3.05) is 20.3 Å². The van der Waals surface area contributed by atoms with Crippen LogP contribution in [0.2, 0.25) is 0 Å². The van der Waals surface area contributed by atoms with E-state index >= 15 is 0 Å². The van der Waals surface area contributed by atoms with Crippen molar-refractivity contribution in [1.82, 2.24) is 5.32 Å². The van der Waals surface area contributed by atoms with Crippen molar-refractivity contribution >= 4 is 11.9 Å². The van der Waals surface area contributed by atoms with Crippen molar-refractivity contribution in [2.24, 2.45) is 11.8 Å². The molecule has 2 aliphatic heterocycles. The van der Waals surface area contributed by atoms with E-state index in [0.29, 0.717) is 12.2 Å². The molecule has 146 valence electrons. The summed E-state index contributed by atoms with van der Waals surface area (Å²) < 4.78 is 16.5. The summed E-state index contributed by atoms with van der Waals surface area (Å²) >= 11 is 0. The molecule has 28 heavy (non-hydrogen) atoms. The highest BCUT2D eigenvalue weighted by atomic mass is 16.5. The average molecular weight is 381 g/mol. The lowest BCUT2D eigenvalue weighted by Crippen LogP contribution is -2.53. The van der Waals surface area contributed by atoms with Crippen LogP contribution in [0.4, 0.5) is 0 Å². The Labute approximate surface area is 163 Å². The molecule has 6 heteroatoms. The second kappa shape index (κ2) is 7.28. The number of esters is 2. The number of fused-ring (bicyclic) bond motifs is 3. The standard InChI is InChI=1S/C22H23NO5/c1-3-27-20(24)18-16-13-28-17-12-8-7-11-15(17)19(16)23-22(18,21(25)26-2)14-9-5-4-6-10-14/h4-12,16,18-19,23H,3,13H2,1-2H3/t16-,18+,19+,22+/m0/s1. The Bertz CT molecular complexity index is 884. The second-order valence-corrected chi connectivity index (χ2v) is 7.03. The Morgan fingerprint density at radius 3 is 2.57 bits per heavy atom. The van der Waals surface area contributed by atoms with Gasteiger partial charge >= 0.3 is 11.9 Å². The van der Waals surface area contributed by atoms with E-state index in [9.17, 15) is 9.59 Å². The van der Waals surface area contributed by atoms with Gasteiger partial charge in [0.1, 0.15) is 5.75 Å². The van der Waals surface area contributed by atoms with Gasteiger partial charge in [0.05, 0.1) is 26.2 Å². The smallest absolute Gasteiger partial charge is 0.331 e. The fraction of sp³-hybridized carbons (Fsp3) is 0.364. The molecule has 2 heterocycles. The van der Waals surface area contributed by atoms with Crippen LogP contribution in [0.3, 0.4) is 0 Å². The molecular weight excluding hydrogens is 358 g/mol. The lowest BCUT2D eigenvalue weighted by molar-refractivity contribution is -0.162. The van der Waals surface area contributed by atoms with E-state index in [-0.39, 0.29) is 18.6 Å². The van der Waals surface area contributed by atoms with E-state index in [4.69, 9.17) is 14.2 Å². The molecule has 0 amide bonds. The van der Waals surface area contributed by atoms with E-state index in [1.54, 1.807) is 6.92 Å². The van der Waals surface area contributed by atoms with Crippen LogP contribution in [0.15, 0.2) is 54.6 Å². The lowest BCUT2D eigenvalue weighted by atomic mass is 9.74. The zero-order chi connectivity index (χ0) is 19.7. The number of carbonyl (C=O) groups is 2. The third kappa shape index (κ3) is 2.67. The van der Waals surface area contributed by atoms with Crippen LogP contribution in [0.1, 0.15) is 24.1 Å². The van der Waals surface area contributed by atoms with Gasteiger partial charge in [0, 0.05) is 17.5 Å². The zero-order valence-corrected chi connectivity index (χ0v) is 15.9. The molecule has 1 saturated heterocycles. The maximum atomic E-state index is 13.2. The molecule has 2 aromatic rings. The molecule has 0 radical (unpaired) electrons. The molecule has 0 aromatic heterocycles. The highest BCUT2D eigenvalue weighted by molar-refractivity contribution is 5.91. The minimum absolute atomic E-state index is 0.232. The highest BCUT2D eigenvalue weighted by Gasteiger charge is 2.64. The summed E-state index contributed by atoms with van der Waals surface area (Å²) in [7, 11) is 1.34. The molecule has 0 aliphatic carbocycles. The fourth-order valence-electron chi connectivity index (χ4n) is 4.52. The van der Waals surface area contributed by atoms with Crippen molar-refractivity contribution in [3.05, 3.63) is 65.7 Å². The molecule has 0 bridgehead atoms. The van der Waals surface area contributed by atoms with Crippen LogP contribution in [0, 0.1) is 11.8 Å². The molecule has 1 N–H and O–H groups in total. The predicted molar refractivity (Wildman–Crippen MR) is 102 cm³/mol. The van der Waals surface area contributed by atoms with Gasteiger partial charge in [0.2, 0.25) is 0 Å². The Hall–Kier alpha value is -2.86. The summed E-state index contributed by atoms with van der Waals surface area (Å²) in [5.74, 6) is -1.23. The maximum Gasteiger partial charge on any atom is 0.331 e. The Morgan fingerprint density at radius 2 is 1.86 bits per heavy atom. The Balaban J connectivity index is 1.91. The fourth-order valence-corrected chi connectivity index (χ4v) is 4.52. The molecule has 1 fully saturated rings. The summed E-state index contributed by atoms with van der Waals surface area (Å²) in [5.41, 5.74) is 0.250. The minimum atomic E-state index is -1.35. The Kier molecular flexibility index (Phi) is 4.81. The molecule has 6 nitrogen and oxygen atoms in total. The van der Waals surface area contributed by atoms with Gasteiger partial charge in [-0.05, 0) is 18.6 Å². The van der Waals surface area contributed by atoms with Crippen LogP contribution in [0.5, 0.6) is 5.75 Å². The number of para-hydroxylation sites is 1. The number of methoxy groups -OCH3 is 1. The van der Waals surface area contributed by atoms with Crippen LogP contribution in [0.25, 0.3) is 0 Å². The molecule has 4 rings (SSSR count). The first-order valence-electron chi connectivity index (χ1n) is 9.43. The summed E-state index contributed by atoms with van der Waals surface area (Å²) in [6, 6.07) is 16.7. The largest absolute Gasteiger partial charge is 0.493 e. The molecule has 2 aliphatic rings. The number of nitrogens with one attached hydrogen (secondary N) is 1. The van der Waals surface area contributed by atoms with Gasteiger partial charge in [-0.2, -0.15) is 0 Å². The number of benzene rings is 2. The summed E-state index contributed by atoms with van der Waals surface area (Å²) in [6.07, 6.45) is 0. The number of rotatable bonds is 4. The Morgan fingerprint density at radius 1 is 1.14 bits per heavy atom. The van der Waals surface area contributed by atoms with E-state index in [0.717, 1.165) is 11.3 Å². The van der Waals surface area contributed by atoms with E-state index in [2.05, 4.69) is 5.32 Å². The number of ether oxygens (including phenoxy) is 3. The van der Waals surface area contributed by atoms with Crippen LogP contribution in [-0.4, -0.2) is 32.3 Å². The third-order valence-corrected chi connectivity index (χ3v) is 5.67. The van der Waals surface area contributed by atoms with Gasteiger partial charge in [-0.15, -0.1) is 0 Å². The average Bonchev–Trinajstić information content (AvgIpc) is 3.11. The second-order valence-electron chi connectivity index (χ2n) is 7.03. The maximum absolute atomic E-state index is 13.2. The first-order chi connectivity index (χ1) is 13.6. The molecule has 4 atom stereocenters. The number of hydrogen-bond donors (Lipinski definition) is 1. The summed E-state index contributed by atoms with van der Waals surface area (Å²) in [4.78, 5) is 26.3. The summed E-state index contributed by atoms with van der Waals surface area (Å²) in [6.45, 7) is 2.30. The molecule has 0 unspecified atom stereocenters. The van der Waals surface area contributed by atoms with Gasteiger partial charge in [-0.3, -0.25) is 10.1 Å². The van der Waals surface area contributed by atoms with Crippen molar-refractivity contribution in [3.8, 4) is 5.75 Å². The first kappa shape index (κ1) is 18.5. The van der Waals surface area contributed by atoms with Crippen LogP contribution in [-0.2, 0) is 24.6 Å². The topological polar surface area (TPSA) is 73.9 Å². The van der Waals surface area contributed by atoms with Gasteiger partial charge in [-0.25, -0.2) is 4.79 Å². The van der Waals surface area contributed by atoms with Crippen molar-refractivity contribution in [3.63, 3.8) is 0 Å². The highest BCUT2D eigenvalue weighted by Crippen LogP contribution is 2.52. The first-order valence-corrected chi connectivity index (χ1v) is 9.43. The van der Waals surface area contributed by atoms with Gasteiger partial charge in [0.15, 0.2) is 5.54 Å². The van der Waals surface area contributed by atoms with E-state index < -0.39 is 23.4 Å². The predicted octanol–water partition coefficient (Wildman–Crippen LogP) is 2.59. The summed E-state index contributed by atoms with van der Waals surface area (Å²) in [5, 5.41) is 3.46. The van der Waals surface area contributed by atoms with Gasteiger partial charge in [0.25, 0.3) is 0 Å². The quantitative estimate of drug-likeness (QED) is 0.821. The monoisotopic (exact) mass is 381 g/mol. The minimum Gasteiger partial charge on any atom is -0.493 e. The lowest BCUT2D eigenvalue weighted by Gasteiger charge is -2.33. The normalized spacial score (nSPS) is 27.9. The number of hydrogen-bond acceptors (Lipinski definition) is 6. The van der Waals surface area contributed by atoms with Crippen LogP contribution >= 0.6 is 0 Å².